The third-order valence-electron chi connectivity index (χ3n) is 10.3. The Morgan fingerprint density at radius 2 is 1.40 bits per heavy atom. The maximum absolute atomic E-state index is 5.22. The third-order valence-corrected chi connectivity index (χ3v) is 12.8. The molecule has 2 unspecified atom stereocenters. The van der Waals surface area contributed by atoms with Crippen LogP contribution < -0.4 is 4.90 Å². The fourth-order valence-electron chi connectivity index (χ4n) is 7.91. The van der Waals surface area contributed by atoms with Crippen LogP contribution in [-0.2, 0) is 5.41 Å². The van der Waals surface area contributed by atoms with Crippen LogP contribution in [0.5, 0.6) is 0 Å². The van der Waals surface area contributed by atoms with Crippen LogP contribution in [0.4, 0.5) is 11.4 Å². The maximum Gasteiger partial charge on any atom is 0.124 e. The summed E-state index contributed by atoms with van der Waals surface area (Å²) in [6.45, 7) is 2.43. The third kappa shape index (κ3) is 4.03. The van der Waals surface area contributed by atoms with E-state index in [-0.39, 0.29) is 11.5 Å². The summed E-state index contributed by atoms with van der Waals surface area (Å²) in [5.41, 5.74) is 10.8. The first-order valence-corrected chi connectivity index (χ1v) is 18.1. The topological polar surface area (TPSA) is 16.1 Å². The first-order valence-electron chi connectivity index (χ1n) is 16.4. The molecule has 2 aliphatic carbocycles. The predicted molar refractivity (Wildman–Crippen MR) is 204 cm³/mol. The molecule has 0 spiro atoms. The number of hydrogen-bond acceptors (Lipinski definition) is 4. The van der Waals surface area contributed by atoms with E-state index in [1.54, 1.807) is 11.3 Å². The molecule has 3 aliphatic rings. The lowest BCUT2D eigenvalue weighted by Gasteiger charge is -2.44. The summed E-state index contributed by atoms with van der Waals surface area (Å²) in [5, 5.41) is 3.64. The van der Waals surface area contributed by atoms with Crippen molar-refractivity contribution in [1.82, 2.24) is 4.98 Å². The molecular formula is C44H30N2S2. The van der Waals surface area contributed by atoms with E-state index in [0.29, 0.717) is 0 Å². The van der Waals surface area contributed by atoms with Crippen LogP contribution in [-0.4, -0.2) is 11.0 Å². The normalized spacial score (nSPS) is 18.4. The number of nitrogens with zero attached hydrogens (tertiary/aromatic N) is 2. The summed E-state index contributed by atoms with van der Waals surface area (Å²) >= 11 is 3.72. The van der Waals surface area contributed by atoms with Gasteiger partial charge in [0.2, 0.25) is 0 Å². The van der Waals surface area contributed by atoms with Crippen molar-refractivity contribution >= 4 is 45.2 Å². The first-order chi connectivity index (χ1) is 23.7. The van der Waals surface area contributed by atoms with E-state index in [1.165, 1.54) is 70.2 Å². The SMILES string of the molecule is CC12C(=CC=CC1N(c1ccc(-c3ccccc3)cc1)c1ccc3c4c(cccc14)-c1sc(-c4ccccc4)nc1-3)Sc1ccccc12. The van der Waals surface area contributed by atoms with Gasteiger partial charge in [-0.05, 0) is 47.9 Å². The number of anilines is 2. The van der Waals surface area contributed by atoms with E-state index < -0.39 is 0 Å². The summed E-state index contributed by atoms with van der Waals surface area (Å²) in [6.07, 6.45) is 6.99. The number of allylic oxidation sites excluding steroid dienone is 2. The zero-order valence-electron chi connectivity index (χ0n) is 26.3. The molecule has 4 heteroatoms. The van der Waals surface area contributed by atoms with Crippen molar-refractivity contribution in [1.29, 1.82) is 0 Å². The first kappa shape index (κ1) is 27.9. The van der Waals surface area contributed by atoms with Crippen molar-refractivity contribution in [3.8, 4) is 43.4 Å². The van der Waals surface area contributed by atoms with Crippen molar-refractivity contribution in [2.75, 3.05) is 4.90 Å². The fraction of sp³-hybridized carbons (Fsp3) is 0.0682. The number of thioether (sulfide) groups is 1. The van der Waals surface area contributed by atoms with Gasteiger partial charge in [-0.25, -0.2) is 4.98 Å². The number of benzene rings is 6. The number of rotatable bonds is 5. The highest BCUT2D eigenvalue weighted by atomic mass is 32.2. The van der Waals surface area contributed by atoms with Crippen molar-refractivity contribution < 1.29 is 0 Å². The van der Waals surface area contributed by atoms with Crippen molar-refractivity contribution in [3.63, 3.8) is 0 Å². The second-order valence-electron chi connectivity index (χ2n) is 12.9. The molecule has 1 aromatic heterocycles. The maximum atomic E-state index is 5.22. The molecule has 0 amide bonds. The molecule has 48 heavy (non-hydrogen) atoms. The second kappa shape index (κ2) is 10.7. The molecule has 2 nitrogen and oxygen atoms in total. The monoisotopic (exact) mass is 650 g/mol. The summed E-state index contributed by atoms with van der Waals surface area (Å²) in [4.78, 5) is 11.8. The van der Waals surface area contributed by atoms with Crippen LogP contribution in [0.15, 0.2) is 168 Å². The smallest absolute Gasteiger partial charge is 0.124 e. The van der Waals surface area contributed by atoms with E-state index in [0.717, 1.165) is 10.7 Å². The van der Waals surface area contributed by atoms with Gasteiger partial charge in [-0.3, -0.25) is 0 Å². The Morgan fingerprint density at radius 3 is 2.21 bits per heavy atom. The highest BCUT2D eigenvalue weighted by Crippen LogP contribution is 2.59. The minimum Gasteiger partial charge on any atom is -0.333 e. The molecule has 7 aromatic rings. The van der Waals surface area contributed by atoms with Crippen molar-refractivity contribution in [3.05, 3.63) is 168 Å². The lowest BCUT2D eigenvalue weighted by molar-refractivity contribution is 0.504. The van der Waals surface area contributed by atoms with Gasteiger partial charge in [0.15, 0.2) is 0 Å². The Balaban J connectivity index is 1.17. The summed E-state index contributed by atoms with van der Waals surface area (Å²) in [5.74, 6) is 0. The van der Waals surface area contributed by atoms with E-state index in [4.69, 9.17) is 4.98 Å². The molecule has 1 aliphatic heterocycles. The molecule has 0 saturated carbocycles. The molecule has 0 N–H and O–H groups in total. The Hall–Kier alpha value is -5.16. The molecule has 6 aromatic carbocycles. The Bertz CT molecular complexity index is 2410. The van der Waals surface area contributed by atoms with Gasteiger partial charge in [0.05, 0.1) is 16.6 Å². The number of aromatic nitrogens is 1. The zero-order chi connectivity index (χ0) is 31.8. The Kier molecular flexibility index (Phi) is 6.21. The largest absolute Gasteiger partial charge is 0.333 e. The van der Waals surface area contributed by atoms with Gasteiger partial charge in [-0.15, -0.1) is 11.3 Å². The van der Waals surface area contributed by atoms with Gasteiger partial charge >= 0.3 is 0 Å². The lowest BCUT2D eigenvalue weighted by atomic mass is 9.72. The van der Waals surface area contributed by atoms with Gasteiger partial charge in [-0.1, -0.05) is 145 Å². The van der Waals surface area contributed by atoms with Gasteiger partial charge in [0.1, 0.15) is 5.01 Å². The molecule has 0 fully saturated rings. The molecule has 0 bridgehead atoms. The van der Waals surface area contributed by atoms with Gasteiger partial charge in [-0.2, -0.15) is 0 Å². The summed E-state index contributed by atoms with van der Waals surface area (Å²) in [6, 6.07) is 50.8. The molecule has 2 heterocycles. The molecule has 0 radical (unpaired) electrons. The number of thiazole rings is 1. The van der Waals surface area contributed by atoms with Crippen LogP contribution in [0.25, 0.3) is 54.2 Å². The lowest BCUT2D eigenvalue weighted by Crippen LogP contribution is -2.46. The highest BCUT2D eigenvalue weighted by Gasteiger charge is 2.49. The zero-order valence-corrected chi connectivity index (χ0v) is 27.9. The number of hydrogen-bond donors (Lipinski definition) is 0. The average Bonchev–Trinajstić information content (AvgIpc) is 3.81. The van der Waals surface area contributed by atoms with Crippen LogP contribution in [0, 0.1) is 0 Å². The molecular weight excluding hydrogens is 621 g/mol. The van der Waals surface area contributed by atoms with Crippen LogP contribution in [0.2, 0.25) is 0 Å². The molecule has 228 valence electrons. The minimum atomic E-state index is -0.207. The predicted octanol–water partition coefficient (Wildman–Crippen LogP) is 12.3. The molecule has 0 saturated heterocycles. The molecule has 10 rings (SSSR count). The van der Waals surface area contributed by atoms with Crippen LogP contribution >= 0.6 is 23.1 Å². The van der Waals surface area contributed by atoms with Crippen LogP contribution in [0.1, 0.15) is 12.5 Å². The number of fused-ring (bicyclic) bond motifs is 6. The Labute approximate surface area is 288 Å². The van der Waals surface area contributed by atoms with Gasteiger partial charge < -0.3 is 4.90 Å². The van der Waals surface area contributed by atoms with E-state index in [1.807, 2.05) is 11.8 Å². The molecule has 2 atom stereocenters. The minimum absolute atomic E-state index is 0.0616. The van der Waals surface area contributed by atoms with E-state index in [9.17, 15) is 0 Å². The van der Waals surface area contributed by atoms with Crippen LogP contribution in [0.3, 0.4) is 0 Å². The highest BCUT2D eigenvalue weighted by molar-refractivity contribution is 8.03. The Morgan fingerprint density at radius 1 is 0.667 bits per heavy atom. The summed E-state index contributed by atoms with van der Waals surface area (Å²) in [7, 11) is 0. The standard InChI is InChI=1S/C44H30N2S2/c1-44-35-18-8-9-19-37(35)47-39(44)21-11-20-38(44)46(31-24-22-29(23-25-31)28-12-4-2-5-13-28)36-27-26-33-40-32(36)16-10-17-34(40)42-41(33)45-43(48-42)30-14-6-3-7-15-30/h2-27,38H,1H3. The van der Waals surface area contributed by atoms with Gasteiger partial charge in [0, 0.05) is 54.1 Å². The van der Waals surface area contributed by atoms with E-state index >= 15 is 0 Å². The second-order valence-corrected chi connectivity index (χ2v) is 15.0. The fourth-order valence-corrected chi connectivity index (χ4v) is 10.4. The van der Waals surface area contributed by atoms with Crippen molar-refractivity contribution in [2.45, 2.75) is 23.3 Å². The quantitative estimate of drug-likeness (QED) is 0.184. The van der Waals surface area contributed by atoms with Crippen molar-refractivity contribution in [2.24, 2.45) is 0 Å². The van der Waals surface area contributed by atoms with Gasteiger partial charge in [0.25, 0.3) is 0 Å². The summed E-state index contributed by atoms with van der Waals surface area (Å²) < 4.78 is 0. The average molecular weight is 651 g/mol. The van der Waals surface area contributed by atoms with E-state index in [2.05, 4.69) is 170 Å².